The van der Waals surface area contributed by atoms with Crippen molar-refractivity contribution in [3.8, 4) is 11.5 Å². The van der Waals surface area contributed by atoms with Crippen molar-refractivity contribution in [2.75, 3.05) is 25.6 Å². The first-order valence-corrected chi connectivity index (χ1v) is 8.21. The molecule has 0 bridgehead atoms. The molecule has 0 aliphatic carbocycles. The number of methoxy groups -OCH3 is 1. The topological polar surface area (TPSA) is 103 Å². The highest BCUT2D eigenvalue weighted by molar-refractivity contribution is 5.98. The van der Waals surface area contributed by atoms with Crippen molar-refractivity contribution in [3.63, 3.8) is 0 Å². The van der Waals surface area contributed by atoms with Gasteiger partial charge in [-0.05, 0) is 36.4 Å². The van der Waals surface area contributed by atoms with E-state index in [1.54, 1.807) is 30.3 Å². The number of anilines is 1. The van der Waals surface area contributed by atoms with Crippen LogP contribution in [0.15, 0.2) is 48.5 Å². The minimum absolute atomic E-state index is 0.108. The molecular weight excluding hydrogens is 352 g/mol. The van der Waals surface area contributed by atoms with Crippen LogP contribution in [0.25, 0.3) is 0 Å². The standard InChI is InChI=1S/C19H18N2O6/c1-25-17(22)10-20-18(23)12-6-8-13(9-7-12)21-19(24)16-11-26-14-4-2-3-5-15(14)27-16/h2-9,16H,10-11H2,1H3,(H,20,23)(H,21,24). The average Bonchev–Trinajstić information content (AvgIpc) is 2.71. The van der Waals surface area contributed by atoms with Crippen LogP contribution < -0.4 is 20.1 Å². The summed E-state index contributed by atoms with van der Waals surface area (Å²) in [6.45, 7) is -0.106. The van der Waals surface area contributed by atoms with E-state index in [1.807, 2.05) is 6.07 Å². The summed E-state index contributed by atoms with van der Waals surface area (Å²) < 4.78 is 15.6. The summed E-state index contributed by atoms with van der Waals surface area (Å²) in [4.78, 5) is 35.3. The second-order valence-electron chi connectivity index (χ2n) is 5.69. The number of nitrogens with one attached hydrogen (secondary N) is 2. The fraction of sp³-hybridized carbons (Fsp3) is 0.211. The molecule has 0 spiro atoms. The van der Waals surface area contributed by atoms with Gasteiger partial charge in [0.05, 0.1) is 7.11 Å². The Morgan fingerprint density at radius 2 is 1.78 bits per heavy atom. The van der Waals surface area contributed by atoms with Gasteiger partial charge in [0.2, 0.25) is 6.10 Å². The zero-order chi connectivity index (χ0) is 19.2. The summed E-state index contributed by atoms with van der Waals surface area (Å²) in [7, 11) is 1.24. The maximum absolute atomic E-state index is 12.4. The summed E-state index contributed by atoms with van der Waals surface area (Å²) in [6, 6.07) is 13.4. The Bertz CT molecular complexity index is 850. The highest BCUT2D eigenvalue weighted by Gasteiger charge is 2.27. The Morgan fingerprint density at radius 3 is 2.48 bits per heavy atom. The third-order valence-electron chi connectivity index (χ3n) is 3.84. The Balaban J connectivity index is 1.56. The lowest BCUT2D eigenvalue weighted by Crippen LogP contribution is -2.40. The van der Waals surface area contributed by atoms with Crippen LogP contribution in [0.3, 0.4) is 0 Å². The molecule has 2 amide bonds. The van der Waals surface area contributed by atoms with Gasteiger partial charge in [-0.3, -0.25) is 14.4 Å². The van der Waals surface area contributed by atoms with Crippen molar-refractivity contribution in [2.45, 2.75) is 6.10 Å². The van der Waals surface area contributed by atoms with E-state index >= 15 is 0 Å². The third-order valence-corrected chi connectivity index (χ3v) is 3.84. The van der Waals surface area contributed by atoms with E-state index in [-0.39, 0.29) is 19.1 Å². The van der Waals surface area contributed by atoms with Crippen molar-refractivity contribution in [1.82, 2.24) is 5.32 Å². The zero-order valence-electron chi connectivity index (χ0n) is 14.6. The van der Waals surface area contributed by atoms with Gasteiger partial charge in [-0.15, -0.1) is 0 Å². The summed E-state index contributed by atoms with van der Waals surface area (Å²) in [5.41, 5.74) is 0.857. The molecule has 8 nitrogen and oxygen atoms in total. The second kappa shape index (κ2) is 8.22. The van der Waals surface area contributed by atoms with Gasteiger partial charge >= 0.3 is 5.97 Å². The summed E-state index contributed by atoms with van der Waals surface area (Å²) >= 11 is 0. The minimum Gasteiger partial charge on any atom is -0.485 e. The smallest absolute Gasteiger partial charge is 0.325 e. The highest BCUT2D eigenvalue weighted by atomic mass is 16.6. The molecule has 8 heteroatoms. The number of fused-ring (bicyclic) bond motifs is 1. The first kappa shape index (κ1) is 18.2. The van der Waals surface area contributed by atoms with Gasteiger partial charge in [0.15, 0.2) is 11.5 Å². The third kappa shape index (κ3) is 4.55. The molecule has 2 N–H and O–H groups in total. The molecule has 1 heterocycles. The minimum atomic E-state index is -0.775. The Hall–Kier alpha value is -3.55. The number of carbonyl (C=O) groups is 3. The summed E-state index contributed by atoms with van der Waals surface area (Å²) in [6.07, 6.45) is -0.775. The van der Waals surface area contributed by atoms with E-state index in [0.717, 1.165) is 0 Å². The Labute approximate surface area is 155 Å². The van der Waals surface area contributed by atoms with Gasteiger partial charge in [-0.2, -0.15) is 0 Å². The molecular formula is C19H18N2O6. The molecule has 140 valence electrons. The van der Waals surface area contributed by atoms with Crippen LogP contribution in [0.4, 0.5) is 5.69 Å². The van der Waals surface area contributed by atoms with Crippen molar-refractivity contribution >= 4 is 23.5 Å². The fourth-order valence-corrected chi connectivity index (χ4v) is 2.40. The molecule has 0 fully saturated rings. The second-order valence-corrected chi connectivity index (χ2v) is 5.69. The van der Waals surface area contributed by atoms with Crippen LogP contribution in [0, 0.1) is 0 Å². The van der Waals surface area contributed by atoms with Crippen LogP contribution in [0.5, 0.6) is 11.5 Å². The van der Waals surface area contributed by atoms with Gasteiger partial charge in [-0.25, -0.2) is 0 Å². The van der Waals surface area contributed by atoms with Crippen LogP contribution in [-0.2, 0) is 14.3 Å². The van der Waals surface area contributed by atoms with Crippen molar-refractivity contribution < 1.29 is 28.6 Å². The molecule has 2 aromatic carbocycles. The van der Waals surface area contributed by atoms with E-state index in [0.29, 0.717) is 22.7 Å². The molecule has 1 atom stereocenters. The van der Waals surface area contributed by atoms with Gasteiger partial charge in [-0.1, -0.05) is 12.1 Å². The molecule has 0 radical (unpaired) electrons. The van der Waals surface area contributed by atoms with E-state index in [1.165, 1.54) is 19.2 Å². The van der Waals surface area contributed by atoms with E-state index in [9.17, 15) is 14.4 Å². The maximum Gasteiger partial charge on any atom is 0.325 e. The van der Waals surface area contributed by atoms with Gasteiger partial charge < -0.3 is 24.8 Å². The predicted octanol–water partition coefficient (Wildman–Crippen LogP) is 1.37. The van der Waals surface area contributed by atoms with E-state index in [4.69, 9.17) is 9.47 Å². The van der Waals surface area contributed by atoms with Crippen molar-refractivity contribution in [2.24, 2.45) is 0 Å². The van der Waals surface area contributed by atoms with Crippen LogP contribution in [0.1, 0.15) is 10.4 Å². The number of benzene rings is 2. The lowest BCUT2D eigenvalue weighted by Gasteiger charge is -2.25. The number of carbonyl (C=O) groups excluding carboxylic acids is 3. The van der Waals surface area contributed by atoms with Gasteiger partial charge in [0.1, 0.15) is 13.2 Å². The number of hydrogen-bond donors (Lipinski definition) is 2. The van der Waals surface area contributed by atoms with Crippen molar-refractivity contribution in [3.05, 3.63) is 54.1 Å². The molecule has 3 rings (SSSR count). The lowest BCUT2D eigenvalue weighted by atomic mass is 10.2. The Morgan fingerprint density at radius 1 is 1.07 bits per heavy atom. The first-order valence-electron chi connectivity index (χ1n) is 8.21. The molecule has 0 saturated heterocycles. The van der Waals surface area contributed by atoms with E-state index < -0.39 is 18.0 Å². The number of amides is 2. The van der Waals surface area contributed by atoms with Crippen LogP contribution in [0.2, 0.25) is 0 Å². The largest absolute Gasteiger partial charge is 0.485 e. The molecule has 2 aromatic rings. The van der Waals surface area contributed by atoms with Crippen molar-refractivity contribution in [1.29, 1.82) is 0 Å². The number of esters is 1. The number of rotatable bonds is 5. The number of para-hydroxylation sites is 2. The molecule has 1 aliphatic heterocycles. The SMILES string of the molecule is COC(=O)CNC(=O)c1ccc(NC(=O)C2COc3ccccc3O2)cc1. The normalized spacial score (nSPS) is 14.8. The summed E-state index contributed by atoms with van der Waals surface area (Å²) in [5.74, 6) is -0.194. The average molecular weight is 370 g/mol. The van der Waals surface area contributed by atoms with Crippen LogP contribution >= 0.6 is 0 Å². The quantitative estimate of drug-likeness (QED) is 0.771. The fourth-order valence-electron chi connectivity index (χ4n) is 2.40. The summed E-state index contributed by atoms with van der Waals surface area (Å²) in [5, 5.41) is 5.15. The predicted molar refractivity (Wildman–Crippen MR) is 95.8 cm³/mol. The zero-order valence-corrected chi connectivity index (χ0v) is 14.6. The van der Waals surface area contributed by atoms with Gasteiger partial charge in [0, 0.05) is 11.3 Å². The molecule has 27 heavy (non-hydrogen) atoms. The number of ether oxygens (including phenoxy) is 3. The highest BCUT2D eigenvalue weighted by Crippen LogP contribution is 2.31. The lowest BCUT2D eigenvalue weighted by molar-refractivity contribution is -0.139. The molecule has 1 unspecified atom stereocenters. The Kier molecular flexibility index (Phi) is 5.55. The van der Waals surface area contributed by atoms with E-state index in [2.05, 4.69) is 15.4 Å². The first-order chi connectivity index (χ1) is 13.1. The van der Waals surface area contributed by atoms with Crippen LogP contribution in [-0.4, -0.2) is 44.1 Å². The monoisotopic (exact) mass is 370 g/mol. The molecule has 1 aliphatic rings. The molecule has 0 saturated carbocycles. The molecule has 0 aromatic heterocycles. The number of hydrogen-bond acceptors (Lipinski definition) is 6. The maximum atomic E-state index is 12.4. The van der Waals surface area contributed by atoms with Gasteiger partial charge in [0.25, 0.3) is 11.8 Å².